The highest BCUT2D eigenvalue weighted by Crippen LogP contribution is 2.38. The van der Waals surface area contributed by atoms with Crippen molar-refractivity contribution in [1.82, 2.24) is 20.1 Å². The summed E-state index contributed by atoms with van der Waals surface area (Å²) >= 11 is 0. The number of aliphatic hydroxyl groups is 1. The summed E-state index contributed by atoms with van der Waals surface area (Å²) in [5.41, 5.74) is -2.98. The zero-order valence-corrected chi connectivity index (χ0v) is 9.41. The first-order valence-corrected chi connectivity index (χ1v) is 5.19. The maximum Gasteiger partial charge on any atom is 0.424 e. The highest BCUT2D eigenvalue weighted by molar-refractivity contribution is 5.10. The van der Waals surface area contributed by atoms with Crippen LogP contribution in [0.25, 0.3) is 0 Å². The van der Waals surface area contributed by atoms with Gasteiger partial charge in [-0.15, -0.1) is 10.2 Å². The summed E-state index contributed by atoms with van der Waals surface area (Å²) in [7, 11) is 0. The molecule has 0 aliphatic carbocycles. The molecule has 2 rings (SSSR count). The minimum atomic E-state index is -4.78. The first-order chi connectivity index (χ1) is 7.75. The minimum absolute atomic E-state index is 0.224. The lowest BCUT2D eigenvalue weighted by molar-refractivity contribution is -0.263. The van der Waals surface area contributed by atoms with Gasteiger partial charge in [0.25, 0.3) is 0 Å². The van der Waals surface area contributed by atoms with E-state index < -0.39 is 17.6 Å². The molecule has 5 nitrogen and oxygen atoms in total. The second-order valence-electron chi connectivity index (χ2n) is 4.36. The lowest BCUT2D eigenvalue weighted by Gasteiger charge is -2.30. The van der Waals surface area contributed by atoms with Gasteiger partial charge >= 0.3 is 6.18 Å². The molecule has 0 unspecified atom stereocenters. The van der Waals surface area contributed by atoms with Gasteiger partial charge in [-0.3, -0.25) is 0 Å². The second-order valence-corrected chi connectivity index (χ2v) is 4.36. The molecule has 0 radical (unpaired) electrons. The van der Waals surface area contributed by atoms with Crippen molar-refractivity contribution in [2.24, 2.45) is 0 Å². The number of nitrogens with zero attached hydrogens (tertiary/aromatic N) is 3. The molecule has 0 spiro atoms. The molecule has 0 aromatic carbocycles. The van der Waals surface area contributed by atoms with Crippen LogP contribution in [0.2, 0.25) is 0 Å². The van der Waals surface area contributed by atoms with Gasteiger partial charge < -0.3 is 15.0 Å². The predicted octanol–water partition coefficient (Wildman–Crippen LogP) is 0.712. The Balaban J connectivity index is 2.51. The lowest BCUT2D eigenvalue weighted by Crippen LogP contribution is -2.44. The summed E-state index contributed by atoms with van der Waals surface area (Å²) < 4.78 is 39.6. The van der Waals surface area contributed by atoms with Crippen molar-refractivity contribution in [2.45, 2.75) is 38.2 Å². The molecule has 0 amide bonds. The van der Waals surface area contributed by atoms with Crippen LogP contribution in [-0.4, -0.2) is 32.6 Å². The normalized spacial score (nSPS) is 24.2. The fourth-order valence-electron chi connectivity index (χ4n) is 1.85. The third-order valence-electron chi connectivity index (χ3n) is 2.92. The minimum Gasteiger partial charge on any atom is -0.374 e. The summed E-state index contributed by atoms with van der Waals surface area (Å²) in [6.45, 7) is 3.31. The molecule has 8 heteroatoms. The number of aromatic nitrogens is 3. The Kier molecular flexibility index (Phi) is 2.66. The Morgan fingerprint density at radius 3 is 2.65 bits per heavy atom. The molecule has 1 aromatic rings. The van der Waals surface area contributed by atoms with Crippen LogP contribution in [-0.2, 0) is 12.1 Å². The summed E-state index contributed by atoms with van der Waals surface area (Å²) in [5.74, 6) is -0.0442. The standard InChI is InChI=1S/C9H13F3N4O/c1-5-3-13-4-6-14-15-7(16(5)6)8(2,17)9(10,11)12/h5,13,17H,3-4H2,1-2H3/t5-,8+/m0/s1. The van der Waals surface area contributed by atoms with E-state index in [4.69, 9.17) is 0 Å². The van der Waals surface area contributed by atoms with E-state index >= 15 is 0 Å². The largest absolute Gasteiger partial charge is 0.424 e. The number of nitrogens with one attached hydrogen (secondary N) is 1. The molecule has 0 fully saturated rings. The van der Waals surface area contributed by atoms with Crippen LogP contribution in [0, 0.1) is 0 Å². The monoisotopic (exact) mass is 250 g/mol. The Hall–Kier alpha value is -1.15. The second kappa shape index (κ2) is 3.67. The SMILES string of the molecule is C[C@H]1CNCc2nnc([C@@](C)(O)C(F)(F)F)n21. The van der Waals surface area contributed by atoms with Crippen molar-refractivity contribution >= 4 is 0 Å². The molecule has 2 heterocycles. The van der Waals surface area contributed by atoms with Crippen molar-refractivity contribution in [3.63, 3.8) is 0 Å². The number of alkyl halides is 3. The van der Waals surface area contributed by atoms with Gasteiger partial charge in [-0.25, -0.2) is 0 Å². The van der Waals surface area contributed by atoms with Crippen molar-refractivity contribution < 1.29 is 18.3 Å². The number of rotatable bonds is 1. The number of hydrogen-bond acceptors (Lipinski definition) is 4. The number of halogens is 3. The van der Waals surface area contributed by atoms with E-state index in [1.165, 1.54) is 4.57 Å². The van der Waals surface area contributed by atoms with Crippen LogP contribution in [0.1, 0.15) is 31.5 Å². The molecule has 1 aliphatic rings. The molecular formula is C9H13F3N4O. The van der Waals surface area contributed by atoms with Gasteiger partial charge in [0, 0.05) is 12.6 Å². The maximum absolute atomic E-state index is 12.7. The highest BCUT2D eigenvalue weighted by Gasteiger charge is 2.55. The molecule has 2 atom stereocenters. The van der Waals surface area contributed by atoms with E-state index in [1.807, 2.05) is 0 Å². The van der Waals surface area contributed by atoms with Gasteiger partial charge in [0.05, 0.1) is 6.54 Å². The molecule has 1 aliphatic heterocycles. The smallest absolute Gasteiger partial charge is 0.374 e. The predicted molar refractivity (Wildman–Crippen MR) is 52.1 cm³/mol. The average Bonchev–Trinajstić information content (AvgIpc) is 2.61. The van der Waals surface area contributed by atoms with E-state index in [0.29, 0.717) is 25.8 Å². The Morgan fingerprint density at radius 2 is 2.06 bits per heavy atom. The Bertz CT molecular complexity index is 426. The molecule has 0 bridgehead atoms. The quantitative estimate of drug-likeness (QED) is 0.770. The van der Waals surface area contributed by atoms with Gasteiger partial charge in [-0.1, -0.05) is 0 Å². The Morgan fingerprint density at radius 1 is 1.41 bits per heavy atom. The summed E-state index contributed by atoms with van der Waals surface area (Å²) in [5, 5.41) is 19.8. The number of fused-ring (bicyclic) bond motifs is 1. The Labute approximate surface area is 95.6 Å². The van der Waals surface area contributed by atoms with Crippen molar-refractivity contribution in [3.8, 4) is 0 Å². The molecule has 2 N–H and O–H groups in total. The molecule has 96 valence electrons. The van der Waals surface area contributed by atoms with Crippen molar-refractivity contribution in [1.29, 1.82) is 0 Å². The van der Waals surface area contributed by atoms with Crippen LogP contribution in [0.15, 0.2) is 0 Å². The topological polar surface area (TPSA) is 63.0 Å². The molecule has 0 saturated carbocycles. The van der Waals surface area contributed by atoms with Crippen molar-refractivity contribution in [3.05, 3.63) is 11.6 Å². The molecule has 1 aromatic heterocycles. The summed E-state index contributed by atoms with van der Waals surface area (Å²) in [6.07, 6.45) is -4.78. The maximum atomic E-state index is 12.7. The van der Waals surface area contributed by atoms with Gasteiger partial charge in [0.15, 0.2) is 5.82 Å². The fourth-order valence-corrected chi connectivity index (χ4v) is 1.85. The number of hydrogen-bond donors (Lipinski definition) is 2. The molecular weight excluding hydrogens is 237 g/mol. The van der Waals surface area contributed by atoms with Gasteiger partial charge in [-0.05, 0) is 13.8 Å². The van der Waals surface area contributed by atoms with Crippen LogP contribution >= 0.6 is 0 Å². The third-order valence-corrected chi connectivity index (χ3v) is 2.92. The third kappa shape index (κ3) is 1.81. The molecule has 17 heavy (non-hydrogen) atoms. The zero-order chi connectivity index (χ0) is 12.8. The molecule has 0 saturated heterocycles. The first-order valence-electron chi connectivity index (χ1n) is 5.19. The van der Waals surface area contributed by atoms with E-state index in [0.717, 1.165) is 0 Å². The van der Waals surface area contributed by atoms with Gasteiger partial charge in [0.1, 0.15) is 5.82 Å². The van der Waals surface area contributed by atoms with Crippen LogP contribution in [0.3, 0.4) is 0 Å². The van der Waals surface area contributed by atoms with Crippen molar-refractivity contribution in [2.75, 3.05) is 6.54 Å². The van der Waals surface area contributed by atoms with E-state index in [-0.39, 0.29) is 6.04 Å². The highest BCUT2D eigenvalue weighted by atomic mass is 19.4. The van der Waals surface area contributed by atoms with E-state index in [2.05, 4.69) is 15.5 Å². The van der Waals surface area contributed by atoms with Gasteiger partial charge in [0.2, 0.25) is 5.60 Å². The zero-order valence-electron chi connectivity index (χ0n) is 9.41. The fraction of sp³-hybridized carbons (Fsp3) is 0.778. The van der Waals surface area contributed by atoms with Crippen LogP contribution < -0.4 is 5.32 Å². The van der Waals surface area contributed by atoms with Crippen LogP contribution in [0.4, 0.5) is 13.2 Å². The lowest BCUT2D eigenvalue weighted by atomic mass is 10.0. The summed E-state index contributed by atoms with van der Waals surface area (Å²) in [4.78, 5) is 0. The average molecular weight is 250 g/mol. The summed E-state index contributed by atoms with van der Waals surface area (Å²) in [6, 6.07) is -0.224. The van der Waals surface area contributed by atoms with E-state index in [1.54, 1.807) is 6.92 Å². The van der Waals surface area contributed by atoms with E-state index in [9.17, 15) is 18.3 Å². The first kappa shape index (κ1) is 12.3. The van der Waals surface area contributed by atoms with Crippen LogP contribution in [0.5, 0.6) is 0 Å². The van der Waals surface area contributed by atoms with Gasteiger partial charge in [-0.2, -0.15) is 13.2 Å².